The average molecular weight is 497 g/mol. The van der Waals surface area contributed by atoms with Crippen LogP contribution in [0, 0.1) is 15.5 Å². The summed E-state index contributed by atoms with van der Waals surface area (Å²) in [6, 6.07) is 18.0. The van der Waals surface area contributed by atoms with E-state index < -0.39 is 5.09 Å². The fourth-order valence-electron chi connectivity index (χ4n) is 4.78. The fraction of sp³-hybridized carbons (Fsp3) is 0.370. The van der Waals surface area contributed by atoms with Gasteiger partial charge in [-0.05, 0) is 47.9 Å². The maximum Gasteiger partial charge on any atom is 0.311 e. The van der Waals surface area contributed by atoms with Crippen LogP contribution < -0.4 is 0 Å². The van der Waals surface area contributed by atoms with Crippen LogP contribution >= 0.6 is 11.6 Å². The second-order valence-electron chi connectivity index (χ2n) is 9.60. The van der Waals surface area contributed by atoms with Crippen LogP contribution in [0.5, 0.6) is 0 Å². The lowest BCUT2D eigenvalue weighted by Crippen LogP contribution is -2.17. The standard InChI is InChI=1S/C27H29ClN2O5/c1-27(2)17-23-26(19-8-4-3-5-9-19)25(20-10-12-21(28)13-11-20)22(29(23)18-27)16-24(31)34-14-6-7-15-35-30(32)33/h3-5,8-13H,6-7,14-18H2,1-2H3. The minimum atomic E-state index is -0.816. The molecule has 1 aliphatic rings. The van der Waals surface area contributed by atoms with Gasteiger partial charge >= 0.3 is 5.97 Å². The van der Waals surface area contributed by atoms with E-state index in [9.17, 15) is 14.9 Å². The van der Waals surface area contributed by atoms with Crippen LogP contribution in [-0.4, -0.2) is 28.8 Å². The second kappa shape index (κ2) is 10.5. The van der Waals surface area contributed by atoms with Gasteiger partial charge in [-0.2, -0.15) is 0 Å². The lowest BCUT2D eigenvalue weighted by atomic mass is 9.86. The Bertz CT molecular complexity index is 1200. The zero-order chi connectivity index (χ0) is 25.0. The summed E-state index contributed by atoms with van der Waals surface area (Å²) in [5.41, 5.74) is 6.55. The van der Waals surface area contributed by atoms with Gasteiger partial charge in [-0.25, -0.2) is 0 Å². The van der Waals surface area contributed by atoms with Crippen molar-refractivity contribution in [3.05, 3.63) is 81.1 Å². The number of hydrogen-bond donors (Lipinski definition) is 0. The number of rotatable bonds is 10. The molecule has 0 saturated carbocycles. The Morgan fingerprint density at radius 2 is 1.69 bits per heavy atom. The third-order valence-corrected chi connectivity index (χ3v) is 6.47. The molecule has 35 heavy (non-hydrogen) atoms. The molecule has 4 rings (SSSR count). The molecule has 0 atom stereocenters. The molecule has 7 nitrogen and oxygen atoms in total. The van der Waals surface area contributed by atoms with Crippen molar-refractivity contribution in [1.29, 1.82) is 0 Å². The number of carbonyl (C=O) groups is 1. The van der Waals surface area contributed by atoms with Gasteiger partial charge in [0, 0.05) is 34.1 Å². The smallest absolute Gasteiger partial charge is 0.311 e. The number of fused-ring (bicyclic) bond motifs is 1. The van der Waals surface area contributed by atoms with Gasteiger partial charge in [0.05, 0.1) is 19.6 Å². The number of esters is 1. The van der Waals surface area contributed by atoms with E-state index >= 15 is 0 Å². The predicted octanol–water partition coefficient (Wildman–Crippen LogP) is 6.13. The van der Waals surface area contributed by atoms with E-state index in [1.165, 1.54) is 5.69 Å². The summed E-state index contributed by atoms with van der Waals surface area (Å²) in [5, 5.41) is 10.1. The molecule has 2 aromatic carbocycles. The Morgan fingerprint density at radius 3 is 2.37 bits per heavy atom. The summed E-state index contributed by atoms with van der Waals surface area (Å²) >= 11 is 6.18. The molecular weight excluding hydrogens is 468 g/mol. The van der Waals surface area contributed by atoms with E-state index in [-0.39, 0.29) is 31.0 Å². The molecule has 0 N–H and O–H groups in total. The normalized spacial score (nSPS) is 13.9. The molecule has 0 amide bonds. The Labute approximate surface area is 209 Å². The van der Waals surface area contributed by atoms with Crippen LogP contribution in [0.25, 0.3) is 22.3 Å². The Morgan fingerprint density at radius 1 is 1.03 bits per heavy atom. The van der Waals surface area contributed by atoms with Crippen molar-refractivity contribution in [2.24, 2.45) is 5.41 Å². The van der Waals surface area contributed by atoms with Gasteiger partial charge in [0.25, 0.3) is 5.09 Å². The molecule has 2 heterocycles. The molecule has 184 valence electrons. The van der Waals surface area contributed by atoms with E-state index in [0.717, 1.165) is 40.9 Å². The van der Waals surface area contributed by atoms with Gasteiger partial charge in [-0.3, -0.25) is 4.79 Å². The van der Waals surface area contributed by atoms with Crippen LogP contribution in [0.4, 0.5) is 0 Å². The molecule has 3 aromatic rings. The lowest BCUT2D eigenvalue weighted by Gasteiger charge is -2.19. The van der Waals surface area contributed by atoms with Gasteiger partial charge in [0.2, 0.25) is 0 Å². The summed E-state index contributed by atoms with van der Waals surface area (Å²) in [6.45, 7) is 5.49. The monoisotopic (exact) mass is 496 g/mol. The van der Waals surface area contributed by atoms with Gasteiger partial charge in [0.15, 0.2) is 0 Å². The van der Waals surface area contributed by atoms with Crippen LogP contribution in [0.15, 0.2) is 54.6 Å². The molecule has 8 heteroatoms. The topological polar surface area (TPSA) is 83.6 Å². The third-order valence-electron chi connectivity index (χ3n) is 6.22. The summed E-state index contributed by atoms with van der Waals surface area (Å²) in [5.74, 6) is -0.319. The van der Waals surface area contributed by atoms with Crippen LogP contribution in [-0.2, 0) is 33.8 Å². The number of unbranched alkanes of at least 4 members (excludes halogenated alkanes) is 1. The quantitative estimate of drug-likeness (QED) is 0.146. The number of nitrogens with zero attached hydrogens (tertiary/aromatic N) is 2. The minimum absolute atomic E-state index is 0.00695. The number of aromatic nitrogens is 1. The highest BCUT2D eigenvalue weighted by molar-refractivity contribution is 6.30. The highest BCUT2D eigenvalue weighted by Gasteiger charge is 2.36. The molecular formula is C27H29ClN2O5. The van der Waals surface area contributed by atoms with Crippen LogP contribution in [0.3, 0.4) is 0 Å². The first-order valence-electron chi connectivity index (χ1n) is 11.7. The first-order chi connectivity index (χ1) is 16.7. The highest BCUT2D eigenvalue weighted by atomic mass is 35.5. The molecule has 1 aromatic heterocycles. The SMILES string of the molecule is CC1(C)Cc2c(-c3ccccc3)c(-c3ccc(Cl)cc3)c(CC(=O)OCCCCO[N+](=O)[O-])n2C1. The number of halogens is 1. The number of ether oxygens (including phenoxy) is 1. The number of hydrogen-bond acceptors (Lipinski definition) is 5. The largest absolute Gasteiger partial charge is 0.465 e. The average Bonchev–Trinajstić information content (AvgIpc) is 3.27. The number of carbonyl (C=O) groups excluding carboxylic acids is 1. The van der Waals surface area contributed by atoms with Crippen molar-refractivity contribution in [3.63, 3.8) is 0 Å². The maximum absolute atomic E-state index is 12.9. The molecule has 0 aliphatic carbocycles. The van der Waals surface area contributed by atoms with E-state index in [4.69, 9.17) is 16.3 Å². The van der Waals surface area contributed by atoms with Crippen LogP contribution in [0.1, 0.15) is 38.1 Å². The van der Waals surface area contributed by atoms with Gasteiger partial charge < -0.3 is 14.1 Å². The molecule has 0 fully saturated rings. The Hall–Kier alpha value is -3.32. The van der Waals surface area contributed by atoms with Crippen LogP contribution in [0.2, 0.25) is 5.02 Å². The van der Waals surface area contributed by atoms with Gasteiger partial charge in [0.1, 0.15) is 0 Å². The molecule has 0 radical (unpaired) electrons. The fourth-order valence-corrected chi connectivity index (χ4v) is 4.90. The van der Waals surface area contributed by atoms with E-state index in [1.54, 1.807) is 0 Å². The zero-order valence-electron chi connectivity index (χ0n) is 20.0. The van der Waals surface area contributed by atoms with Crippen molar-refractivity contribution >= 4 is 17.6 Å². The van der Waals surface area contributed by atoms with Gasteiger partial charge in [-0.15, -0.1) is 10.1 Å². The summed E-state index contributed by atoms with van der Waals surface area (Å²) in [7, 11) is 0. The lowest BCUT2D eigenvalue weighted by molar-refractivity contribution is -0.757. The molecule has 0 bridgehead atoms. The van der Waals surface area contributed by atoms with Gasteiger partial charge in [-0.1, -0.05) is 67.9 Å². The number of benzene rings is 2. The summed E-state index contributed by atoms with van der Waals surface area (Å²) < 4.78 is 7.78. The predicted molar refractivity (Wildman–Crippen MR) is 135 cm³/mol. The molecule has 0 unspecified atom stereocenters. The van der Waals surface area contributed by atoms with Crippen molar-refractivity contribution < 1.29 is 19.5 Å². The van der Waals surface area contributed by atoms with Crippen molar-refractivity contribution in [1.82, 2.24) is 4.57 Å². The minimum Gasteiger partial charge on any atom is -0.465 e. The molecule has 0 saturated heterocycles. The first kappa shape index (κ1) is 24.8. The van der Waals surface area contributed by atoms with E-state index in [0.29, 0.717) is 17.9 Å². The van der Waals surface area contributed by atoms with Crippen molar-refractivity contribution in [2.75, 3.05) is 13.2 Å². The van der Waals surface area contributed by atoms with E-state index in [1.807, 2.05) is 42.5 Å². The second-order valence-corrected chi connectivity index (χ2v) is 10.0. The third kappa shape index (κ3) is 5.85. The molecule has 1 aliphatic heterocycles. The van der Waals surface area contributed by atoms with E-state index in [2.05, 4.69) is 35.4 Å². The van der Waals surface area contributed by atoms with Crippen molar-refractivity contribution in [2.45, 2.75) is 46.1 Å². The molecule has 0 spiro atoms. The maximum atomic E-state index is 12.9. The zero-order valence-corrected chi connectivity index (χ0v) is 20.7. The van der Waals surface area contributed by atoms with Crippen molar-refractivity contribution in [3.8, 4) is 22.3 Å². The Balaban J connectivity index is 1.66. The Kier molecular flexibility index (Phi) is 7.45. The summed E-state index contributed by atoms with van der Waals surface area (Å²) in [4.78, 5) is 27.4. The first-order valence-corrected chi connectivity index (χ1v) is 12.1. The summed E-state index contributed by atoms with van der Waals surface area (Å²) in [6.07, 6.45) is 1.98. The highest BCUT2D eigenvalue weighted by Crippen LogP contribution is 2.47.